The maximum absolute atomic E-state index is 13.0. The summed E-state index contributed by atoms with van der Waals surface area (Å²) in [7, 11) is 0. The third-order valence-electron chi connectivity index (χ3n) is 5.41. The van der Waals surface area contributed by atoms with Gasteiger partial charge in [0.05, 0.1) is 22.9 Å². The van der Waals surface area contributed by atoms with E-state index in [0.29, 0.717) is 5.56 Å². The highest BCUT2D eigenvalue weighted by molar-refractivity contribution is 9.10. The van der Waals surface area contributed by atoms with Crippen LogP contribution in [0.1, 0.15) is 36.0 Å². The first-order valence-electron chi connectivity index (χ1n) is 9.59. The predicted octanol–water partition coefficient (Wildman–Crippen LogP) is 4.34. The van der Waals surface area contributed by atoms with Crippen molar-refractivity contribution >= 4 is 32.7 Å². The van der Waals surface area contributed by atoms with Crippen molar-refractivity contribution in [3.05, 3.63) is 58.8 Å². The topological polar surface area (TPSA) is 75.1 Å². The number of nitrogens with zero attached hydrogens (tertiary/aromatic N) is 2. The SMILES string of the molecule is O=C(NCC(O)C1CCCC1)c1cc(-c2ccncc2)nc2ccc(Br)cc12. The number of fused-ring (bicyclic) bond motifs is 1. The zero-order valence-electron chi connectivity index (χ0n) is 15.4. The number of nitrogens with one attached hydrogen (secondary N) is 1. The maximum atomic E-state index is 13.0. The summed E-state index contributed by atoms with van der Waals surface area (Å²) in [4.78, 5) is 21.8. The number of carbonyl (C=O) groups is 1. The highest BCUT2D eigenvalue weighted by Gasteiger charge is 2.24. The molecule has 1 saturated carbocycles. The summed E-state index contributed by atoms with van der Waals surface area (Å²) in [5, 5.41) is 14.1. The highest BCUT2D eigenvalue weighted by Crippen LogP contribution is 2.29. The van der Waals surface area contributed by atoms with Crippen LogP contribution in [0.4, 0.5) is 0 Å². The molecule has 144 valence electrons. The molecule has 2 heterocycles. The second-order valence-electron chi connectivity index (χ2n) is 7.27. The summed E-state index contributed by atoms with van der Waals surface area (Å²) in [6.45, 7) is 0.270. The summed E-state index contributed by atoms with van der Waals surface area (Å²) in [6, 6.07) is 11.3. The first-order valence-corrected chi connectivity index (χ1v) is 10.4. The van der Waals surface area contributed by atoms with Crippen LogP contribution < -0.4 is 5.32 Å². The molecule has 2 N–H and O–H groups in total. The lowest BCUT2D eigenvalue weighted by molar-refractivity contribution is 0.0842. The molecule has 5 nitrogen and oxygen atoms in total. The van der Waals surface area contributed by atoms with Crippen LogP contribution in [-0.2, 0) is 0 Å². The van der Waals surface area contributed by atoms with Gasteiger partial charge >= 0.3 is 0 Å². The smallest absolute Gasteiger partial charge is 0.252 e. The number of rotatable bonds is 5. The van der Waals surface area contributed by atoms with E-state index in [4.69, 9.17) is 4.98 Å². The van der Waals surface area contributed by atoms with Gasteiger partial charge in [0.25, 0.3) is 5.91 Å². The fourth-order valence-corrected chi connectivity index (χ4v) is 4.22. The van der Waals surface area contributed by atoms with Crippen LogP contribution in [0.25, 0.3) is 22.2 Å². The van der Waals surface area contributed by atoms with E-state index in [0.717, 1.165) is 52.3 Å². The Morgan fingerprint density at radius 2 is 1.93 bits per heavy atom. The Hall–Kier alpha value is -2.31. The molecule has 1 amide bonds. The number of benzene rings is 1. The third-order valence-corrected chi connectivity index (χ3v) is 5.90. The molecule has 6 heteroatoms. The van der Waals surface area contributed by atoms with Crippen molar-refractivity contribution in [1.82, 2.24) is 15.3 Å². The van der Waals surface area contributed by atoms with Gasteiger partial charge in [-0.25, -0.2) is 4.98 Å². The van der Waals surface area contributed by atoms with E-state index in [1.165, 1.54) is 0 Å². The van der Waals surface area contributed by atoms with Gasteiger partial charge in [0, 0.05) is 34.4 Å². The zero-order chi connectivity index (χ0) is 19.5. The normalized spacial score (nSPS) is 15.6. The molecule has 0 spiro atoms. The summed E-state index contributed by atoms with van der Waals surface area (Å²) in [6.07, 6.45) is 7.32. The van der Waals surface area contributed by atoms with E-state index in [1.807, 2.05) is 30.3 Å². The van der Waals surface area contributed by atoms with Gasteiger partial charge in [0.2, 0.25) is 0 Å². The Bertz CT molecular complexity index is 988. The lowest BCUT2D eigenvalue weighted by Gasteiger charge is -2.18. The van der Waals surface area contributed by atoms with Crippen LogP contribution in [0, 0.1) is 5.92 Å². The molecule has 0 saturated heterocycles. The van der Waals surface area contributed by atoms with E-state index in [2.05, 4.69) is 26.2 Å². The number of hydrogen-bond donors (Lipinski definition) is 2. The maximum Gasteiger partial charge on any atom is 0.252 e. The van der Waals surface area contributed by atoms with Crippen LogP contribution in [0.15, 0.2) is 53.3 Å². The molecule has 2 aromatic heterocycles. The number of aliphatic hydroxyl groups excluding tert-OH is 1. The lowest BCUT2D eigenvalue weighted by Crippen LogP contribution is -2.35. The first kappa shape index (κ1) is 19.0. The van der Waals surface area contributed by atoms with Crippen molar-refractivity contribution in [2.45, 2.75) is 31.8 Å². The average molecular weight is 440 g/mol. The van der Waals surface area contributed by atoms with Crippen molar-refractivity contribution in [3.8, 4) is 11.3 Å². The van der Waals surface area contributed by atoms with Gasteiger partial charge in [-0.15, -0.1) is 0 Å². The first-order chi connectivity index (χ1) is 13.6. The van der Waals surface area contributed by atoms with Crippen molar-refractivity contribution in [2.75, 3.05) is 6.54 Å². The van der Waals surface area contributed by atoms with E-state index in [9.17, 15) is 9.90 Å². The lowest BCUT2D eigenvalue weighted by atomic mass is 10.0. The Morgan fingerprint density at radius 1 is 1.18 bits per heavy atom. The fraction of sp³-hybridized carbons (Fsp3) is 0.318. The minimum absolute atomic E-state index is 0.196. The van der Waals surface area contributed by atoms with Gasteiger partial charge in [-0.2, -0.15) is 0 Å². The van der Waals surface area contributed by atoms with Crippen LogP contribution in [0.2, 0.25) is 0 Å². The van der Waals surface area contributed by atoms with E-state index >= 15 is 0 Å². The molecule has 4 rings (SSSR count). The zero-order valence-corrected chi connectivity index (χ0v) is 17.0. The third kappa shape index (κ3) is 4.08. The number of halogens is 1. The highest BCUT2D eigenvalue weighted by atomic mass is 79.9. The summed E-state index contributed by atoms with van der Waals surface area (Å²) in [5.74, 6) is 0.0915. The summed E-state index contributed by atoms with van der Waals surface area (Å²) < 4.78 is 0.888. The molecule has 1 aromatic carbocycles. The second kappa shape index (κ2) is 8.37. The molecule has 1 atom stereocenters. The molecular formula is C22H22BrN3O2. The summed E-state index contributed by atoms with van der Waals surface area (Å²) >= 11 is 3.48. The van der Waals surface area contributed by atoms with Crippen LogP contribution in [0.5, 0.6) is 0 Å². The predicted molar refractivity (Wildman–Crippen MR) is 113 cm³/mol. The minimum atomic E-state index is -0.494. The molecule has 1 aliphatic rings. The van der Waals surface area contributed by atoms with Crippen LogP contribution >= 0.6 is 15.9 Å². The van der Waals surface area contributed by atoms with Crippen molar-refractivity contribution in [1.29, 1.82) is 0 Å². The second-order valence-corrected chi connectivity index (χ2v) is 8.19. The van der Waals surface area contributed by atoms with Gasteiger partial charge in [-0.3, -0.25) is 9.78 Å². The molecule has 0 radical (unpaired) electrons. The quantitative estimate of drug-likeness (QED) is 0.619. The van der Waals surface area contributed by atoms with E-state index < -0.39 is 6.10 Å². The van der Waals surface area contributed by atoms with Crippen molar-refractivity contribution in [3.63, 3.8) is 0 Å². The van der Waals surface area contributed by atoms with E-state index in [-0.39, 0.29) is 18.4 Å². The molecule has 3 aromatic rings. The molecule has 0 bridgehead atoms. The van der Waals surface area contributed by atoms with E-state index in [1.54, 1.807) is 18.5 Å². The van der Waals surface area contributed by atoms with Gasteiger partial charge in [-0.1, -0.05) is 28.8 Å². The average Bonchev–Trinajstić information content (AvgIpc) is 3.26. The molecular weight excluding hydrogens is 418 g/mol. The Kier molecular flexibility index (Phi) is 5.69. The number of aliphatic hydroxyl groups is 1. The largest absolute Gasteiger partial charge is 0.391 e. The summed E-state index contributed by atoms with van der Waals surface area (Å²) in [5.41, 5.74) is 2.93. The molecule has 1 fully saturated rings. The Balaban J connectivity index is 1.65. The van der Waals surface area contributed by atoms with Gasteiger partial charge in [-0.05, 0) is 55.2 Å². The van der Waals surface area contributed by atoms with Crippen molar-refractivity contribution < 1.29 is 9.90 Å². The van der Waals surface area contributed by atoms with Crippen LogP contribution in [-0.4, -0.2) is 33.6 Å². The number of amides is 1. The fourth-order valence-electron chi connectivity index (χ4n) is 3.86. The number of aromatic nitrogens is 2. The van der Waals surface area contributed by atoms with Gasteiger partial charge < -0.3 is 10.4 Å². The molecule has 0 aliphatic heterocycles. The van der Waals surface area contributed by atoms with Gasteiger partial charge in [0.15, 0.2) is 0 Å². The molecule has 1 aliphatic carbocycles. The standard InChI is InChI=1S/C22H22BrN3O2/c23-16-5-6-19-17(11-16)18(12-20(26-19)14-7-9-24-10-8-14)22(28)25-13-21(27)15-3-1-2-4-15/h5-12,15,21,27H,1-4,13H2,(H,25,28). The van der Waals surface area contributed by atoms with Crippen molar-refractivity contribution in [2.24, 2.45) is 5.92 Å². The molecule has 1 unspecified atom stereocenters. The Morgan fingerprint density at radius 3 is 2.68 bits per heavy atom. The monoisotopic (exact) mass is 439 g/mol. The number of hydrogen-bond acceptors (Lipinski definition) is 4. The number of carbonyl (C=O) groups excluding carboxylic acids is 1. The minimum Gasteiger partial charge on any atom is -0.391 e. The van der Waals surface area contributed by atoms with Gasteiger partial charge in [0.1, 0.15) is 0 Å². The number of pyridine rings is 2. The Labute approximate surface area is 172 Å². The molecule has 28 heavy (non-hydrogen) atoms. The van der Waals surface area contributed by atoms with Crippen LogP contribution in [0.3, 0.4) is 0 Å².